The Balaban J connectivity index is 2.37. The molecule has 0 amide bonds. The minimum Gasteiger partial charge on any atom is -0.543 e. The normalized spacial score (nSPS) is 17.0. The van der Waals surface area contributed by atoms with E-state index in [2.05, 4.69) is 33.9 Å². The summed E-state index contributed by atoms with van der Waals surface area (Å²) in [6.45, 7) is 12.1. The van der Waals surface area contributed by atoms with Crippen LogP contribution < -0.4 is 4.43 Å². The van der Waals surface area contributed by atoms with Crippen LogP contribution in [0.15, 0.2) is 18.2 Å². The second-order valence-corrected chi connectivity index (χ2v) is 11.6. The first-order valence-corrected chi connectivity index (χ1v) is 10.2. The minimum absolute atomic E-state index is 0.0822. The molecule has 1 aliphatic rings. The molecule has 0 N–H and O–H groups in total. The molecule has 1 aromatic rings. The minimum atomic E-state index is -1.99. The lowest BCUT2D eigenvalue weighted by atomic mass is 10.1. The topological polar surface area (TPSA) is 44.8 Å². The molecule has 1 fully saturated rings. The van der Waals surface area contributed by atoms with Crippen LogP contribution in [0, 0.1) is 0 Å². The van der Waals surface area contributed by atoms with E-state index in [-0.39, 0.29) is 5.04 Å². The summed E-state index contributed by atoms with van der Waals surface area (Å²) in [4.78, 5) is 11.0. The van der Waals surface area contributed by atoms with E-state index in [1.807, 2.05) is 6.07 Å². The lowest BCUT2D eigenvalue weighted by molar-refractivity contribution is -0.0450. The predicted molar refractivity (Wildman–Crippen MR) is 84.3 cm³/mol. The first-order valence-electron chi connectivity index (χ1n) is 7.26. The number of hydrogen-bond donors (Lipinski definition) is 0. The molecule has 0 unspecified atom stereocenters. The van der Waals surface area contributed by atoms with E-state index in [0.717, 1.165) is 11.8 Å². The Morgan fingerprint density at radius 3 is 2.38 bits per heavy atom. The van der Waals surface area contributed by atoms with Gasteiger partial charge in [-0.3, -0.25) is 4.79 Å². The molecule has 1 aliphatic heterocycles. The molecular formula is C16H24O4Si. The average Bonchev–Trinajstić information content (AvgIpc) is 2.90. The highest BCUT2D eigenvalue weighted by Gasteiger charge is 2.40. The molecule has 0 radical (unpaired) electrons. The summed E-state index contributed by atoms with van der Waals surface area (Å²) >= 11 is 0. The number of carbonyl (C=O) groups is 1. The molecule has 1 heterocycles. The molecule has 0 atom stereocenters. The second-order valence-electron chi connectivity index (χ2n) is 6.85. The highest BCUT2D eigenvalue weighted by Crippen LogP contribution is 2.40. The number of benzene rings is 1. The van der Waals surface area contributed by atoms with Gasteiger partial charge in [0.05, 0.1) is 13.2 Å². The number of ether oxygens (including phenoxy) is 2. The van der Waals surface area contributed by atoms with E-state index in [1.54, 1.807) is 12.1 Å². The van der Waals surface area contributed by atoms with E-state index in [0.29, 0.717) is 24.5 Å². The molecule has 0 aromatic heterocycles. The summed E-state index contributed by atoms with van der Waals surface area (Å²) < 4.78 is 17.5. The second kappa shape index (κ2) is 5.91. The lowest BCUT2D eigenvalue weighted by Crippen LogP contribution is -2.44. The van der Waals surface area contributed by atoms with Crippen molar-refractivity contribution in [2.24, 2.45) is 0 Å². The Kier molecular flexibility index (Phi) is 4.56. The number of carbonyl (C=O) groups excluding carboxylic acids is 1. The van der Waals surface area contributed by atoms with Gasteiger partial charge in [-0.2, -0.15) is 0 Å². The molecule has 2 rings (SSSR count). The van der Waals surface area contributed by atoms with Crippen LogP contribution in [0.3, 0.4) is 0 Å². The van der Waals surface area contributed by atoms with Crippen molar-refractivity contribution in [2.45, 2.75) is 45.2 Å². The summed E-state index contributed by atoms with van der Waals surface area (Å²) in [5.41, 5.74) is 1.47. The molecule has 0 bridgehead atoms. The van der Waals surface area contributed by atoms with Crippen molar-refractivity contribution >= 4 is 14.6 Å². The van der Waals surface area contributed by atoms with Gasteiger partial charge in [-0.1, -0.05) is 26.8 Å². The molecule has 116 valence electrons. The first kappa shape index (κ1) is 16.2. The van der Waals surface area contributed by atoms with E-state index in [1.165, 1.54) is 0 Å². The van der Waals surface area contributed by atoms with Crippen LogP contribution in [0.5, 0.6) is 5.75 Å². The van der Waals surface area contributed by atoms with Crippen molar-refractivity contribution in [3.05, 3.63) is 29.3 Å². The molecule has 5 heteroatoms. The zero-order chi connectivity index (χ0) is 15.7. The molecule has 21 heavy (non-hydrogen) atoms. The van der Waals surface area contributed by atoms with Gasteiger partial charge in [0.2, 0.25) is 8.32 Å². The smallest absolute Gasteiger partial charge is 0.250 e. The van der Waals surface area contributed by atoms with Gasteiger partial charge in [0.25, 0.3) is 0 Å². The third-order valence-electron chi connectivity index (χ3n) is 4.22. The Morgan fingerprint density at radius 1 is 1.24 bits per heavy atom. The summed E-state index contributed by atoms with van der Waals surface area (Å²) in [6, 6.07) is 5.42. The Morgan fingerprint density at radius 2 is 1.86 bits per heavy atom. The van der Waals surface area contributed by atoms with Crippen LogP contribution in [0.25, 0.3) is 0 Å². The summed E-state index contributed by atoms with van der Waals surface area (Å²) in [5.74, 6) is 0.707. The predicted octanol–water partition coefficient (Wildman–Crippen LogP) is 3.93. The van der Waals surface area contributed by atoms with Gasteiger partial charge in [-0.15, -0.1) is 0 Å². The van der Waals surface area contributed by atoms with Crippen LogP contribution >= 0.6 is 0 Å². The van der Waals surface area contributed by atoms with Gasteiger partial charge in [-0.05, 0) is 30.3 Å². The third-order valence-corrected chi connectivity index (χ3v) is 8.56. The highest BCUT2D eigenvalue weighted by molar-refractivity contribution is 6.74. The monoisotopic (exact) mass is 308 g/mol. The van der Waals surface area contributed by atoms with Crippen molar-refractivity contribution in [3.8, 4) is 5.75 Å². The standard InChI is InChI=1S/C16H24O4Si/c1-16(2,3)21(4,5)20-14-10-12(11-17)6-7-13(14)15-18-8-9-19-15/h6-7,10-11,15H,8-9H2,1-5H3. The quantitative estimate of drug-likeness (QED) is 0.624. The van der Waals surface area contributed by atoms with Gasteiger partial charge in [0, 0.05) is 11.1 Å². The van der Waals surface area contributed by atoms with Crippen LogP contribution in [0.4, 0.5) is 0 Å². The van der Waals surface area contributed by atoms with Crippen LogP contribution in [0.2, 0.25) is 18.1 Å². The molecule has 1 aromatic carbocycles. The third kappa shape index (κ3) is 3.54. The zero-order valence-electron chi connectivity index (χ0n) is 13.4. The van der Waals surface area contributed by atoms with Crippen molar-refractivity contribution in [1.82, 2.24) is 0 Å². The van der Waals surface area contributed by atoms with Gasteiger partial charge < -0.3 is 13.9 Å². The van der Waals surface area contributed by atoms with Gasteiger partial charge in [-0.25, -0.2) is 0 Å². The summed E-state index contributed by atoms with van der Waals surface area (Å²) in [7, 11) is -1.99. The maximum absolute atomic E-state index is 11.0. The maximum Gasteiger partial charge on any atom is 0.250 e. The molecule has 0 spiro atoms. The maximum atomic E-state index is 11.0. The fourth-order valence-corrected chi connectivity index (χ4v) is 2.91. The van der Waals surface area contributed by atoms with Crippen molar-refractivity contribution in [3.63, 3.8) is 0 Å². The van der Waals surface area contributed by atoms with Gasteiger partial charge in [0.1, 0.15) is 12.0 Å². The molecule has 0 saturated carbocycles. The number of rotatable bonds is 4. The summed E-state index contributed by atoms with van der Waals surface area (Å²) in [5, 5.41) is 0.0822. The van der Waals surface area contributed by atoms with E-state index in [4.69, 9.17) is 13.9 Å². The van der Waals surface area contributed by atoms with E-state index < -0.39 is 14.6 Å². The van der Waals surface area contributed by atoms with E-state index in [9.17, 15) is 4.79 Å². The van der Waals surface area contributed by atoms with Gasteiger partial charge >= 0.3 is 0 Å². The zero-order valence-corrected chi connectivity index (χ0v) is 14.4. The van der Waals surface area contributed by atoms with Crippen molar-refractivity contribution < 1.29 is 18.7 Å². The van der Waals surface area contributed by atoms with E-state index >= 15 is 0 Å². The molecule has 4 nitrogen and oxygen atoms in total. The average molecular weight is 308 g/mol. The first-order chi connectivity index (χ1) is 9.74. The van der Waals surface area contributed by atoms with Crippen molar-refractivity contribution in [1.29, 1.82) is 0 Å². The van der Waals surface area contributed by atoms with Crippen LogP contribution in [-0.2, 0) is 9.47 Å². The fraction of sp³-hybridized carbons (Fsp3) is 0.562. The Labute approximate surface area is 127 Å². The highest BCUT2D eigenvalue weighted by atomic mass is 28.4. The van der Waals surface area contributed by atoms with Gasteiger partial charge in [0.15, 0.2) is 6.29 Å². The largest absolute Gasteiger partial charge is 0.543 e. The lowest BCUT2D eigenvalue weighted by Gasteiger charge is -2.37. The van der Waals surface area contributed by atoms with Crippen LogP contribution in [-0.4, -0.2) is 27.8 Å². The fourth-order valence-electron chi connectivity index (χ4n) is 1.87. The molecule has 1 saturated heterocycles. The number of aldehydes is 1. The Hall–Kier alpha value is -1.17. The SMILES string of the molecule is CC(C)(C)[Si](C)(C)Oc1cc(C=O)ccc1C1OCCO1. The molecular weight excluding hydrogens is 284 g/mol. The Bertz CT molecular complexity index is 513. The summed E-state index contributed by atoms with van der Waals surface area (Å²) in [6.07, 6.45) is 0.434. The van der Waals surface area contributed by atoms with Crippen molar-refractivity contribution in [2.75, 3.05) is 13.2 Å². The van der Waals surface area contributed by atoms with Crippen LogP contribution in [0.1, 0.15) is 43.0 Å². The number of hydrogen-bond acceptors (Lipinski definition) is 4. The molecule has 0 aliphatic carbocycles.